The van der Waals surface area contributed by atoms with Crippen molar-refractivity contribution >= 4 is 39.3 Å². The number of benzene rings is 1. The third-order valence-electron chi connectivity index (χ3n) is 2.38. The van der Waals surface area contributed by atoms with Crippen molar-refractivity contribution in [2.24, 2.45) is 0 Å². The molecule has 1 heterocycles. The summed E-state index contributed by atoms with van der Waals surface area (Å²) < 4.78 is 2.58. The van der Waals surface area contributed by atoms with Crippen molar-refractivity contribution in [3.05, 3.63) is 35.1 Å². The lowest BCUT2D eigenvalue weighted by molar-refractivity contribution is -0.113. The van der Waals surface area contributed by atoms with Crippen LogP contribution in [0.5, 0.6) is 0 Å². The molecule has 0 saturated heterocycles. The number of nitrogens with one attached hydrogen (secondary N) is 1. The minimum absolute atomic E-state index is 0.0574. The fourth-order valence-electron chi connectivity index (χ4n) is 1.49. The molecule has 1 aromatic heterocycles. The summed E-state index contributed by atoms with van der Waals surface area (Å²) in [7, 11) is 0. The van der Waals surface area contributed by atoms with Crippen molar-refractivity contribution in [2.75, 3.05) is 11.1 Å². The molecule has 1 aromatic carbocycles. The highest BCUT2D eigenvalue weighted by Gasteiger charge is 2.11. The Bertz CT molecular complexity index is 558. The van der Waals surface area contributed by atoms with Crippen LogP contribution in [-0.4, -0.2) is 26.4 Å². The summed E-state index contributed by atoms with van der Waals surface area (Å²) in [6.45, 7) is 2.76. The van der Waals surface area contributed by atoms with E-state index >= 15 is 0 Å². The zero-order valence-electron chi connectivity index (χ0n) is 10.3. The molecule has 0 aliphatic rings. The van der Waals surface area contributed by atoms with Crippen molar-refractivity contribution in [1.29, 1.82) is 0 Å². The predicted octanol–water partition coefficient (Wildman–Crippen LogP) is 2.79. The van der Waals surface area contributed by atoms with Gasteiger partial charge in [-0.25, -0.2) is 0 Å². The van der Waals surface area contributed by atoms with Crippen molar-refractivity contribution < 1.29 is 4.79 Å². The summed E-state index contributed by atoms with van der Waals surface area (Å²) in [5.41, 5.74) is 0.797. The first-order valence-corrected chi connectivity index (χ1v) is 7.55. The SMILES string of the molecule is CCn1c(Br)nnc1SCC(=O)Nc1ccccc1. The Hall–Kier alpha value is -1.34. The van der Waals surface area contributed by atoms with Crippen LogP contribution in [0, 0.1) is 0 Å². The van der Waals surface area contributed by atoms with Crippen LogP contribution in [0.4, 0.5) is 5.69 Å². The Balaban J connectivity index is 1.90. The number of hydrogen-bond acceptors (Lipinski definition) is 4. The molecule has 7 heteroatoms. The van der Waals surface area contributed by atoms with Gasteiger partial charge in [-0.3, -0.25) is 9.36 Å². The maximum atomic E-state index is 11.8. The standard InChI is InChI=1S/C12H13BrN4OS/c1-2-17-11(13)15-16-12(17)19-8-10(18)14-9-6-4-3-5-7-9/h3-7H,2,8H2,1H3,(H,14,18). The van der Waals surface area contributed by atoms with Crippen LogP contribution >= 0.6 is 27.7 Å². The number of thioether (sulfide) groups is 1. The molecule has 1 amide bonds. The second kappa shape index (κ2) is 6.72. The average molecular weight is 341 g/mol. The Morgan fingerprint density at radius 1 is 1.37 bits per heavy atom. The third kappa shape index (κ3) is 3.81. The van der Waals surface area contributed by atoms with E-state index in [1.807, 2.05) is 41.8 Å². The molecular formula is C12H13BrN4OS. The van der Waals surface area contributed by atoms with E-state index in [-0.39, 0.29) is 5.91 Å². The smallest absolute Gasteiger partial charge is 0.234 e. The van der Waals surface area contributed by atoms with Crippen LogP contribution < -0.4 is 5.32 Å². The molecule has 0 aliphatic carbocycles. The monoisotopic (exact) mass is 340 g/mol. The summed E-state index contributed by atoms with van der Waals surface area (Å²) in [4.78, 5) is 11.8. The fraction of sp³-hybridized carbons (Fsp3) is 0.250. The van der Waals surface area contributed by atoms with Gasteiger partial charge in [-0.2, -0.15) is 0 Å². The Morgan fingerprint density at radius 2 is 2.11 bits per heavy atom. The van der Waals surface area contributed by atoms with E-state index in [1.54, 1.807) is 0 Å². The molecule has 2 aromatic rings. The number of hydrogen-bond donors (Lipinski definition) is 1. The predicted molar refractivity (Wildman–Crippen MR) is 79.2 cm³/mol. The second-order valence-corrected chi connectivity index (χ2v) is 5.35. The number of anilines is 1. The Kier molecular flexibility index (Phi) is 4.98. The maximum Gasteiger partial charge on any atom is 0.234 e. The number of carbonyl (C=O) groups excluding carboxylic acids is 1. The van der Waals surface area contributed by atoms with Crippen LogP contribution in [-0.2, 0) is 11.3 Å². The number of carbonyl (C=O) groups is 1. The van der Waals surface area contributed by atoms with Gasteiger partial charge >= 0.3 is 0 Å². The Labute approximate surface area is 123 Å². The molecule has 0 atom stereocenters. The molecular weight excluding hydrogens is 328 g/mol. The molecule has 2 rings (SSSR count). The lowest BCUT2D eigenvalue weighted by Gasteiger charge is -2.05. The van der Waals surface area contributed by atoms with Crippen LogP contribution in [0.25, 0.3) is 0 Å². The van der Waals surface area contributed by atoms with E-state index in [0.717, 1.165) is 17.4 Å². The minimum Gasteiger partial charge on any atom is -0.325 e. The number of aromatic nitrogens is 3. The molecule has 0 fully saturated rings. The fourth-order valence-corrected chi connectivity index (χ4v) is 2.91. The summed E-state index contributed by atoms with van der Waals surface area (Å²) in [6.07, 6.45) is 0. The summed E-state index contributed by atoms with van der Waals surface area (Å²) in [6, 6.07) is 9.38. The normalized spacial score (nSPS) is 10.4. The van der Waals surface area contributed by atoms with Crippen molar-refractivity contribution in [2.45, 2.75) is 18.6 Å². The van der Waals surface area contributed by atoms with Gasteiger partial charge in [-0.1, -0.05) is 30.0 Å². The van der Waals surface area contributed by atoms with Gasteiger partial charge < -0.3 is 5.32 Å². The van der Waals surface area contributed by atoms with Gasteiger partial charge in [-0.05, 0) is 35.0 Å². The van der Waals surface area contributed by atoms with E-state index in [2.05, 4.69) is 31.4 Å². The van der Waals surface area contributed by atoms with E-state index in [1.165, 1.54) is 11.8 Å². The lowest BCUT2D eigenvalue weighted by Crippen LogP contribution is -2.14. The van der Waals surface area contributed by atoms with E-state index < -0.39 is 0 Å². The van der Waals surface area contributed by atoms with Crippen LogP contribution in [0.15, 0.2) is 40.2 Å². The molecule has 1 N–H and O–H groups in total. The topological polar surface area (TPSA) is 59.8 Å². The third-order valence-corrected chi connectivity index (χ3v) is 3.93. The molecule has 0 radical (unpaired) electrons. The van der Waals surface area contributed by atoms with Gasteiger partial charge in [0.05, 0.1) is 5.75 Å². The summed E-state index contributed by atoms with van der Waals surface area (Å²) in [5.74, 6) is 0.248. The largest absolute Gasteiger partial charge is 0.325 e. The first kappa shape index (κ1) is 14.1. The second-order valence-electron chi connectivity index (χ2n) is 3.70. The Morgan fingerprint density at radius 3 is 2.79 bits per heavy atom. The first-order chi connectivity index (χ1) is 9.20. The van der Waals surface area contributed by atoms with E-state index in [0.29, 0.717) is 10.5 Å². The molecule has 0 aliphatic heterocycles. The highest BCUT2D eigenvalue weighted by molar-refractivity contribution is 9.10. The van der Waals surface area contributed by atoms with E-state index in [9.17, 15) is 4.79 Å². The molecule has 0 unspecified atom stereocenters. The van der Waals surface area contributed by atoms with E-state index in [4.69, 9.17) is 0 Å². The number of halogens is 1. The number of para-hydroxylation sites is 1. The molecule has 100 valence electrons. The van der Waals surface area contributed by atoms with Crippen LogP contribution in [0.2, 0.25) is 0 Å². The van der Waals surface area contributed by atoms with Gasteiger partial charge in [0.15, 0.2) is 5.16 Å². The average Bonchev–Trinajstić information content (AvgIpc) is 2.78. The highest BCUT2D eigenvalue weighted by atomic mass is 79.9. The quantitative estimate of drug-likeness (QED) is 0.850. The molecule has 0 saturated carbocycles. The highest BCUT2D eigenvalue weighted by Crippen LogP contribution is 2.19. The van der Waals surface area contributed by atoms with Crippen LogP contribution in [0.3, 0.4) is 0 Å². The van der Waals surface area contributed by atoms with Gasteiger partial charge in [-0.15, -0.1) is 10.2 Å². The van der Waals surface area contributed by atoms with Gasteiger partial charge in [0.25, 0.3) is 0 Å². The van der Waals surface area contributed by atoms with Gasteiger partial charge in [0, 0.05) is 12.2 Å². The first-order valence-electron chi connectivity index (χ1n) is 5.77. The zero-order valence-corrected chi connectivity index (χ0v) is 12.7. The minimum atomic E-state index is -0.0574. The van der Waals surface area contributed by atoms with Crippen molar-refractivity contribution in [1.82, 2.24) is 14.8 Å². The van der Waals surface area contributed by atoms with Gasteiger partial charge in [0.1, 0.15) is 0 Å². The summed E-state index contributed by atoms with van der Waals surface area (Å²) >= 11 is 4.68. The maximum absolute atomic E-state index is 11.8. The van der Waals surface area contributed by atoms with Crippen LogP contribution in [0.1, 0.15) is 6.92 Å². The number of nitrogens with zero attached hydrogens (tertiary/aromatic N) is 3. The van der Waals surface area contributed by atoms with Crippen molar-refractivity contribution in [3.8, 4) is 0 Å². The molecule has 5 nitrogen and oxygen atoms in total. The lowest BCUT2D eigenvalue weighted by atomic mass is 10.3. The molecule has 0 spiro atoms. The molecule has 0 bridgehead atoms. The number of rotatable bonds is 5. The number of amides is 1. The van der Waals surface area contributed by atoms with Crippen molar-refractivity contribution in [3.63, 3.8) is 0 Å². The molecule has 19 heavy (non-hydrogen) atoms. The zero-order chi connectivity index (χ0) is 13.7. The summed E-state index contributed by atoms with van der Waals surface area (Å²) in [5, 5.41) is 11.5. The van der Waals surface area contributed by atoms with Gasteiger partial charge in [0.2, 0.25) is 10.6 Å².